The summed E-state index contributed by atoms with van der Waals surface area (Å²) in [5.41, 5.74) is 5.78. The van der Waals surface area contributed by atoms with E-state index in [9.17, 15) is 4.79 Å². The van der Waals surface area contributed by atoms with Gasteiger partial charge in [0.15, 0.2) is 0 Å². The standard InChI is InChI=1S/C13H24N2O/c1-2-3-12(14)13(16)15-8-11-7-9-4-5-10(11)6-9/h9-12H,2-8,14H2,1H3,(H,15,16)/t9?,10?,11?,12-/m0/s1. The molecule has 0 aromatic rings. The van der Waals surface area contributed by atoms with Crippen molar-refractivity contribution in [1.82, 2.24) is 5.32 Å². The van der Waals surface area contributed by atoms with Gasteiger partial charge in [-0.3, -0.25) is 4.79 Å². The predicted molar refractivity (Wildman–Crippen MR) is 64.8 cm³/mol. The van der Waals surface area contributed by atoms with Crippen LogP contribution >= 0.6 is 0 Å². The fraction of sp³-hybridized carbons (Fsp3) is 0.923. The molecule has 2 fully saturated rings. The second kappa shape index (κ2) is 5.17. The number of nitrogens with one attached hydrogen (secondary N) is 1. The summed E-state index contributed by atoms with van der Waals surface area (Å²) >= 11 is 0. The van der Waals surface area contributed by atoms with Gasteiger partial charge in [-0.1, -0.05) is 19.8 Å². The first-order valence-corrected chi connectivity index (χ1v) is 6.74. The molecule has 0 aromatic heterocycles. The lowest BCUT2D eigenvalue weighted by Crippen LogP contribution is -2.42. The van der Waals surface area contributed by atoms with E-state index in [4.69, 9.17) is 5.73 Å². The zero-order valence-electron chi connectivity index (χ0n) is 10.2. The average Bonchev–Trinajstić information content (AvgIpc) is 2.87. The highest BCUT2D eigenvalue weighted by Crippen LogP contribution is 2.47. The van der Waals surface area contributed by atoms with Gasteiger partial charge in [-0.25, -0.2) is 0 Å². The SMILES string of the molecule is CCC[C@H](N)C(=O)NCC1CC2CCC1C2. The summed E-state index contributed by atoms with van der Waals surface area (Å²) in [4.78, 5) is 11.7. The summed E-state index contributed by atoms with van der Waals surface area (Å²) in [5.74, 6) is 2.62. The molecule has 2 aliphatic rings. The third kappa shape index (κ3) is 2.57. The molecule has 0 heterocycles. The molecule has 3 unspecified atom stereocenters. The Labute approximate surface area is 98.2 Å². The molecule has 2 aliphatic carbocycles. The topological polar surface area (TPSA) is 55.1 Å². The Kier molecular flexibility index (Phi) is 3.85. The summed E-state index contributed by atoms with van der Waals surface area (Å²) in [6.07, 6.45) is 7.30. The quantitative estimate of drug-likeness (QED) is 0.746. The molecule has 2 rings (SSSR count). The van der Waals surface area contributed by atoms with Crippen LogP contribution in [0.1, 0.15) is 45.4 Å². The highest BCUT2D eigenvalue weighted by atomic mass is 16.2. The van der Waals surface area contributed by atoms with Gasteiger partial charge < -0.3 is 11.1 Å². The average molecular weight is 224 g/mol. The Morgan fingerprint density at radius 2 is 2.25 bits per heavy atom. The van der Waals surface area contributed by atoms with Gasteiger partial charge in [0.25, 0.3) is 0 Å². The molecule has 2 saturated carbocycles. The van der Waals surface area contributed by atoms with Gasteiger partial charge in [0.05, 0.1) is 6.04 Å². The normalized spacial score (nSPS) is 34.0. The molecular formula is C13H24N2O. The minimum atomic E-state index is -0.302. The molecule has 0 radical (unpaired) electrons. The molecule has 4 atom stereocenters. The molecule has 16 heavy (non-hydrogen) atoms. The van der Waals surface area contributed by atoms with E-state index >= 15 is 0 Å². The van der Waals surface area contributed by atoms with Crippen LogP contribution in [-0.4, -0.2) is 18.5 Å². The largest absolute Gasteiger partial charge is 0.354 e. The van der Waals surface area contributed by atoms with Crippen LogP contribution in [0.5, 0.6) is 0 Å². The zero-order valence-corrected chi connectivity index (χ0v) is 10.2. The number of carbonyl (C=O) groups is 1. The minimum Gasteiger partial charge on any atom is -0.354 e. The van der Waals surface area contributed by atoms with Crippen LogP contribution < -0.4 is 11.1 Å². The first kappa shape index (κ1) is 11.9. The summed E-state index contributed by atoms with van der Waals surface area (Å²) < 4.78 is 0. The Morgan fingerprint density at radius 3 is 2.81 bits per heavy atom. The molecule has 0 aliphatic heterocycles. The number of amides is 1. The molecule has 0 saturated heterocycles. The van der Waals surface area contributed by atoms with E-state index < -0.39 is 0 Å². The smallest absolute Gasteiger partial charge is 0.236 e. The van der Waals surface area contributed by atoms with Gasteiger partial charge in [-0.05, 0) is 43.4 Å². The number of carbonyl (C=O) groups excluding carboxylic acids is 1. The van der Waals surface area contributed by atoms with Gasteiger partial charge in [-0.15, -0.1) is 0 Å². The van der Waals surface area contributed by atoms with Crippen molar-refractivity contribution in [1.29, 1.82) is 0 Å². The van der Waals surface area contributed by atoms with Crippen molar-refractivity contribution in [2.45, 2.75) is 51.5 Å². The minimum absolute atomic E-state index is 0.0459. The molecule has 92 valence electrons. The van der Waals surface area contributed by atoms with Crippen molar-refractivity contribution >= 4 is 5.91 Å². The Balaban J connectivity index is 1.69. The van der Waals surface area contributed by atoms with Crippen molar-refractivity contribution in [3.8, 4) is 0 Å². The number of hydrogen-bond donors (Lipinski definition) is 2. The molecule has 0 spiro atoms. The molecule has 3 nitrogen and oxygen atoms in total. The van der Waals surface area contributed by atoms with Gasteiger partial charge in [0.1, 0.15) is 0 Å². The maximum absolute atomic E-state index is 11.7. The maximum Gasteiger partial charge on any atom is 0.236 e. The predicted octanol–water partition coefficient (Wildman–Crippen LogP) is 1.67. The lowest BCUT2D eigenvalue weighted by molar-refractivity contribution is -0.122. The molecule has 3 N–H and O–H groups in total. The molecule has 3 heteroatoms. The molecular weight excluding hydrogens is 200 g/mol. The summed E-state index contributed by atoms with van der Waals surface area (Å²) in [6.45, 7) is 2.92. The number of nitrogens with two attached hydrogens (primary N) is 1. The highest BCUT2D eigenvalue weighted by Gasteiger charge is 2.39. The van der Waals surface area contributed by atoms with Crippen molar-refractivity contribution in [3.63, 3.8) is 0 Å². The number of fused-ring (bicyclic) bond motifs is 2. The van der Waals surface area contributed by atoms with Crippen LogP contribution in [0.4, 0.5) is 0 Å². The maximum atomic E-state index is 11.7. The second-order valence-corrected chi connectivity index (χ2v) is 5.58. The van der Waals surface area contributed by atoms with Crippen molar-refractivity contribution in [2.24, 2.45) is 23.5 Å². The Morgan fingerprint density at radius 1 is 1.44 bits per heavy atom. The van der Waals surface area contributed by atoms with Gasteiger partial charge in [-0.2, -0.15) is 0 Å². The van der Waals surface area contributed by atoms with Crippen molar-refractivity contribution in [2.75, 3.05) is 6.54 Å². The van der Waals surface area contributed by atoms with E-state index in [0.717, 1.165) is 37.1 Å². The summed E-state index contributed by atoms with van der Waals surface area (Å²) in [6, 6.07) is -0.302. The number of hydrogen-bond acceptors (Lipinski definition) is 2. The first-order valence-electron chi connectivity index (χ1n) is 6.74. The zero-order chi connectivity index (χ0) is 11.5. The Bertz CT molecular complexity index is 254. The molecule has 2 bridgehead atoms. The number of rotatable bonds is 5. The van der Waals surface area contributed by atoms with Gasteiger partial charge >= 0.3 is 0 Å². The van der Waals surface area contributed by atoms with Crippen LogP contribution in [0, 0.1) is 17.8 Å². The lowest BCUT2D eigenvalue weighted by Gasteiger charge is -2.22. The van der Waals surface area contributed by atoms with Gasteiger partial charge in [0.2, 0.25) is 5.91 Å². The van der Waals surface area contributed by atoms with E-state index in [1.165, 1.54) is 25.7 Å². The fourth-order valence-corrected chi connectivity index (χ4v) is 3.43. The van der Waals surface area contributed by atoms with E-state index in [0.29, 0.717) is 0 Å². The lowest BCUT2D eigenvalue weighted by atomic mass is 9.89. The van der Waals surface area contributed by atoms with Crippen LogP contribution in [0.25, 0.3) is 0 Å². The highest BCUT2D eigenvalue weighted by molar-refractivity contribution is 5.81. The molecule has 1 amide bonds. The van der Waals surface area contributed by atoms with E-state index in [2.05, 4.69) is 12.2 Å². The van der Waals surface area contributed by atoms with E-state index in [1.807, 2.05) is 0 Å². The van der Waals surface area contributed by atoms with E-state index in [1.54, 1.807) is 0 Å². The fourth-order valence-electron chi connectivity index (χ4n) is 3.43. The first-order chi connectivity index (χ1) is 7.70. The monoisotopic (exact) mass is 224 g/mol. The third-order valence-electron chi connectivity index (χ3n) is 4.36. The van der Waals surface area contributed by atoms with Crippen molar-refractivity contribution in [3.05, 3.63) is 0 Å². The van der Waals surface area contributed by atoms with Crippen LogP contribution in [0.15, 0.2) is 0 Å². The van der Waals surface area contributed by atoms with Crippen LogP contribution in [-0.2, 0) is 4.79 Å². The van der Waals surface area contributed by atoms with E-state index in [-0.39, 0.29) is 11.9 Å². The summed E-state index contributed by atoms with van der Waals surface area (Å²) in [7, 11) is 0. The Hall–Kier alpha value is -0.570. The van der Waals surface area contributed by atoms with Crippen LogP contribution in [0.3, 0.4) is 0 Å². The second-order valence-electron chi connectivity index (χ2n) is 5.58. The summed E-state index contributed by atoms with van der Waals surface area (Å²) in [5, 5.41) is 3.03. The van der Waals surface area contributed by atoms with Crippen molar-refractivity contribution < 1.29 is 4.79 Å². The van der Waals surface area contributed by atoms with Gasteiger partial charge in [0, 0.05) is 6.54 Å². The molecule has 0 aromatic carbocycles. The van der Waals surface area contributed by atoms with Crippen LogP contribution in [0.2, 0.25) is 0 Å². The third-order valence-corrected chi connectivity index (χ3v) is 4.36.